The molecule has 0 fully saturated rings. The summed E-state index contributed by atoms with van der Waals surface area (Å²) < 4.78 is 2.21. The minimum Gasteiger partial charge on any atom is -0.323 e. The fourth-order valence-electron chi connectivity index (χ4n) is 5.23. The second-order valence-electron chi connectivity index (χ2n) is 9.56. The first-order valence-corrected chi connectivity index (χ1v) is 13.1. The number of hydrogen-bond donors (Lipinski definition) is 0. The molecule has 0 unspecified atom stereocenters. The highest BCUT2D eigenvalue weighted by Crippen LogP contribution is 2.35. The monoisotopic (exact) mass is 516 g/mol. The molecule has 1 aliphatic rings. The molecule has 1 amide bonds. The van der Waals surface area contributed by atoms with Gasteiger partial charge in [0.05, 0.1) is 28.7 Å². The van der Waals surface area contributed by atoms with Crippen LogP contribution in [0.5, 0.6) is 0 Å². The lowest BCUT2D eigenvalue weighted by Gasteiger charge is -2.17. The van der Waals surface area contributed by atoms with Crippen LogP contribution in [0.1, 0.15) is 46.2 Å². The van der Waals surface area contributed by atoms with E-state index in [9.17, 15) is 10.1 Å². The van der Waals surface area contributed by atoms with Crippen molar-refractivity contribution in [2.45, 2.75) is 32.9 Å². The van der Waals surface area contributed by atoms with Crippen LogP contribution in [0, 0.1) is 11.3 Å². The van der Waals surface area contributed by atoms with E-state index in [2.05, 4.69) is 41.8 Å². The second kappa shape index (κ2) is 9.81. The van der Waals surface area contributed by atoms with E-state index >= 15 is 0 Å². The van der Waals surface area contributed by atoms with Gasteiger partial charge in [-0.15, -0.1) is 0 Å². The van der Waals surface area contributed by atoms with Crippen LogP contribution in [0.4, 0.5) is 5.69 Å². The molecule has 0 aliphatic carbocycles. The van der Waals surface area contributed by atoms with Crippen LogP contribution in [0.25, 0.3) is 22.2 Å². The molecule has 0 spiro atoms. The number of halogens is 1. The summed E-state index contributed by atoms with van der Waals surface area (Å²) >= 11 is 6.77. The standard InChI is InChI=1S/C32H25ClN4O/c1-2-7-30-35-31-28(33)16-25(36-20-24-9-4-6-11-27(24)32(36)38)17-29(31)37(30)19-21-12-14-22(15-13-21)26-10-5-3-8-23(26)18-34/h3-6,8-17H,2,7,19-20H2,1H3. The molecule has 0 saturated carbocycles. The number of rotatable bonds is 6. The smallest absolute Gasteiger partial charge is 0.258 e. The van der Waals surface area contributed by atoms with Gasteiger partial charge in [-0.3, -0.25) is 4.79 Å². The normalized spacial score (nSPS) is 12.7. The summed E-state index contributed by atoms with van der Waals surface area (Å²) in [5.41, 5.74) is 7.91. The number of carbonyl (C=O) groups is 1. The van der Waals surface area contributed by atoms with Gasteiger partial charge in [0.15, 0.2) is 0 Å². The van der Waals surface area contributed by atoms with E-state index in [1.807, 2.05) is 60.7 Å². The third kappa shape index (κ3) is 4.13. The van der Waals surface area contributed by atoms with Crippen molar-refractivity contribution in [2.75, 3.05) is 4.90 Å². The van der Waals surface area contributed by atoms with Gasteiger partial charge < -0.3 is 9.47 Å². The third-order valence-electron chi connectivity index (χ3n) is 7.13. The Bertz CT molecular complexity index is 1730. The Kier molecular flexibility index (Phi) is 6.19. The number of nitriles is 1. The predicted molar refractivity (Wildman–Crippen MR) is 151 cm³/mol. The maximum atomic E-state index is 13.2. The van der Waals surface area contributed by atoms with Crippen molar-refractivity contribution in [3.05, 3.63) is 118 Å². The maximum absolute atomic E-state index is 13.2. The molecule has 6 rings (SSSR count). The van der Waals surface area contributed by atoms with Gasteiger partial charge >= 0.3 is 0 Å². The summed E-state index contributed by atoms with van der Waals surface area (Å²) in [6, 6.07) is 29.8. The van der Waals surface area contributed by atoms with Gasteiger partial charge in [-0.2, -0.15) is 5.26 Å². The number of hydrogen-bond acceptors (Lipinski definition) is 3. The molecule has 4 aromatic carbocycles. The number of imidazole rings is 1. The first-order valence-electron chi connectivity index (χ1n) is 12.7. The molecule has 1 aliphatic heterocycles. The van der Waals surface area contributed by atoms with Crippen molar-refractivity contribution in [3.63, 3.8) is 0 Å². The molecule has 5 aromatic rings. The van der Waals surface area contributed by atoms with Gasteiger partial charge in [0.25, 0.3) is 5.91 Å². The number of amides is 1. The van der Waals surface area contributed by atoms with Crippen LogP contribution >= 0.6 is 11.6 Å². The predicted octanol–water partition coefficient (Wildman–Crippen LogP) is 7.39. The van der Waals surface area contributed by atoms with Gasteiger partial charge in [-0.25, -0.2) is 4.98 Å². The summed E-state index contributed by atoms with van der Waals surface area (Å²) in [6.45, 7) is 3.29. The van der Waals surface area contributed by atoms with Crippen LogP contribution in [-0.2, 0) is 19.5 Å². The zero-order chi connectivity index (χ0) is 26.2. The van der Waals surface area contributed by atoms with E-state index in [1.54, 1.807) is 4.90 Å². The highest BCUT2D eigenvalue weighted by Gasteiger charge is 2.29. The molecule has 186 valence electrons. The lowest BCUT2D eigenvalue weighted by Crippen LogP contribution is -2.23. The topological polar surface area (TPSA) is 61.9 Å². The Morgan fingerprint density at radius 1 is 0.974 bits per heavy atom. The average Bonchev–Trinajstić information content (AvgIpc) is 3.47. The van der Waals surface area contributed by atoms with Crippen molar-refractivity contribution in [1.29, 1.82) is 5.26 Å². The third-order valence-corrected chi connectivity index (χ3v) is 7.42. The summed E-state index contributed by atoms with van der Waals surface area (Å²) in [7, 11) is 0. The maximum Gasteiger partial charge on any atom is 0.258 e. The van der Waals surface area contributed by atoms with Crippen molar-refractivity contribution in [1.82, 2.24) is 9.55 Å². The quantitative estimate of drug-likeness (QED) is 0.236. The highest BCUT2D eigenvalue weighted by molar-refractivity contribution is 6.35. The molecular weight excluding hydrogens is 492 g/mol. The van der Waals surface area contributed by atoms with Gasteiger partial charge in [-0.05, 0) is 52.9 Å². The fraction of sp³-hybridized carbons (Fsp3) is 0.156. The number of carbonyl (C=O) groups excluding carboxylic acids is 1. The first kappa shape index (κ1) is 24.0. The zero-order valence-electron chi connectivity index (χ0n) is 21.0. The van der Waals surface area contributed by atoms with E-state index in [0.29, 0.717) is 23.7 Å². The van der Waals surface area contributed by atoms with Crippen molar-refractivity contribution < 1.29 is 4.79 Å². The van der Waals surface area contributed by atoms with Crippen molar-refractivity contribution in [3.8, 4) is 17.2 Å². The number of fused-ring (bicyclic) bond motifs is 2. The molecule has 1 aromatic heterocycles. The molecule has 0 saturated heterocycles. The highest BCUT2D eigenvalue weighted by atomic mass is 35.5. The van der Waals surface area contributed by atoms with E-state index in [1.165, 1.54) is 0 Å². The second-order valence-corrected chi connectivity index (χ2v) is 9.97. The van der Waals surface area contributed by atoms with Gasteiger partial charge in [0.1, 0.15) is 11.3 Å². The minimum absolute atomic E-state index is 0.0101. The van der Waals surface area contributed by atoms with Crippen LogP contribution < -0.4 is 4.90 Å². The molecule has 0 N–H and O–H groups in total. The molecule has 2 heterocycles. The summed E-state index contributed by atoms with van der Waals surface area (Å²) in [5, 5.41) is 10.0. The number of anilines is 1. The van der Waals surface area contributed by atoms with Crippen LogP contribution in [0.15, 0.2) is 84.9 Å². The number of nitrogens with zero attached hydrogens (tertiary/aromatic N) is 4. The van der Waals surface area contributed by atoms with E-state index in [-0.39, 0.29) is 5.91 Å². The van der Waals surface area contributed by atoms with E-state index < -0.39 is 0 Å². The summed E-state index contributed by atoms with van der Waals surface area (Å²) in [5.74, 6) is 0.959. The Labute approximate surface area is 226 Å². The lowest BCUT2D eigenvalue weighted by atomic mass is 9.99. The molecule has 0 radical (unpaired) electrons. The largest absolute Gasteiger partial charge is 0.323 e. The first-order chi connectivity index (χ1) is 18.6. The van der Waals surface area contributed by atoms with E-state index in [4.69, 9.17) is 16.6 Å². The average molecular weight is 517 g/mol. The molecule has 5 nitrogen and oxygen atoms in total. The van der Waals surface area contributed by atoms with Crippen LogP contribution in [0.3, 0.4) is 0 Å². The Balaban J connectivity index is 1.38. The fourth-order valence-corrected chi connectivity index (χ4v) is 5.48. The molecule has 0 atom stereocenters. The van der Waals surface area contributed by atoms with Crippen molar-refractivity contribution >= 4 is 34.2 Å². The minimum atomic E-state index is -0.0101. The summed E-state index contributed by atoms with van der Waals surface area (Å²) in [6.07, 6.45) is 1.78. The summed E-state index contributed by atoms with van der Waals surface area (Å²) in [4.78, 5) is 19.9. The van der Waals surface area contributed by atoms with Gasteiger partial charge in [0.2, 0.25) is 0 Å². The lowest BCUT2D eigenvalue weighted by molar-refractivity contribution is 0.0996. The zero-order valence-corrected chi connectivity index (χ0v) is 21.7. The van der Waals surface area contributed by atoms with Crippen molar-refractivity contribution in [2.24, 2.45) is 0 Å². The Hall–Kier alpha value is -4.40. The van der Waals surface area contributed by atoms with E-state index in [0.717, 1.165) is 63.2 Å². The molecule has 38 heavy (non-hydrogen) atoms. The Morgan fingerprint density at radius 2 is 1.71 bits per heavy atom. The van der Waals surface area contributed by atoms with Gasteiger partial charge in [0, 0.05) is 24.2 Å². The molecule has 6 heteroatoms. The molecule has 0 bridgehead atoms. The number of aromatic nitrogens is 2. The van der Waals surface area contributed by atoms with Gasteiger partial charge in [-0.1, -0.05) is 79.2 Å². The van der Waals surface area contributed by atoms with Crippen LogP contribution in [0.2, 0.25) is 5.02 Å². The number of benzene rings is 4. The van der Waals surface area contributed by atoms with Crippen LogP contribution in [-0.4, -0.2) is 15.5 Å². The molecular formula is C32H25ClN4O. The SMILES string of the molecule is CCCc1nc2c(Cl)cc(N3Cc4ccccc4C3=O)cc2n1Cc1ccc(-c2ccccc2C#N)cc1. The Morgan fingerprint density at radius 3 is 2.45 bits per heavy atom. The number of aryl methyl sites for hydroxylation is 1.